The van der Waals surface area contributed by atoms with Crippen molar-refractivity contribution in [3.63, 3.8) is 0 Å². The molecule has 0 radical (unpaired) electrons. The molecule has 0 aliphatic rings. The van der Waals surface area contributed by atoms with Crippen LogP contribution in [0.4, 0.5) is 10.8 Å². The molecule has 3 N–H and O–H groups in total. The standard InChI is InChI=1S/C12H13ClN4OS2/c1-6-3-7(2)10(8(13)4-6)15-11-16-17-12(20-11)19-5-9(14)18/h3-4H,5H2,1-2H3,(H2,14,18)(H,15,16). The van der Waals surface area contributed by atoms with Gasteiger partial charge in [-0.1, -0.05) is 40.8 Å². The minimum Gasteiger partial charge on any atom is -0.369 e. The molecule has 2 aromatic rings. The van der Waals surface area contributed by atoms with Gasteiger partial charge in [-0.25, -0.2) is 0 Å². The van der Waals surface area contributed by atoms with Gasteiger partial charge in [0.25, 0.3) is 0 Å². The number of hydrogen-bond acceptors (Lipinski definition) is 6. The number of anilines is 2. The van der Waals surface area contributed by atoms with Gasteiger partial charge in [0.1, 0.15) is 0 Å². The summed E-state index contributed by atoms with van der Waals surface area (Å²) in [7, 11) is 0. The van der Waals surface area contributed by atoms with Crippen LogP contribution >= 0.6 is 34.7 Å². The molecule has 0 atom stereocenters. The highest BCUT2D eigenvalue weighted by atomic mass is 35.5. The Kier molecular flexibility index (Phi) is 4.85. The Morgan fingerprint density at radius 3 is 2.85 bits per heavy atom. The predicted octanol–water partition coefficient (Wildman–Crippen LogP) is 3.13. The maximum absolute atomic E-state index is 10.7. The van der Waals surface area contributed by atoms with Crippen molar-refractivity contribution in [3.8, 4) is 0 Å². The summed E-state index contributed by atoms with van der Waals surface area (Å²) in [6, 6.07) is 3.93. The van der Waals surface area contributed by atoms with E-state index in [9.17, 15) is 4.79 Å². The van der Waals surface area contributed by atoms with Crippen LogP contribution in [0.15, 0.2) is 16.5 Å². The number of aryl methyl sites for hydroxylation is 2. The van der Waals surface area contributed by atoms with E-state index in [-0.39, 0.29) is 11.7 Å². The van der Waals surface area contributed by atoms with E-state index in [2.05, 4.69) is 15.5 Å². The van der Waals surface area contributed by atoms with Gasteiger partial charge in [-0.05, 0) is 31.0 Å². The molecule has 0 aliphatic carbocycles. The molecule has 0 fully saturated rings. The second-order valence-corrected chi connectivity index (χ2v) is 6.80. The van der Waals surface area contributed by atoms with Crippen molar-refractivity contribution < 1.29 is 4.79 Å². The molecule has 0 bridgehead atoms. The molecule has 106 valence electrons. The lowest BCUT2D eigenvalue weighted by molar-refractivity contribution is -0.115. The normalized spacial score (nSPS) is 10.6. The number of nitrogens with zero attached hydrogens (tertiary/aromatic N) is 2. The van der Waals surface area contributed by atoms with Crippen LogP contribution < -0.4 is 11.1 Å². The van der Waals surface area contributed by atoms with Crippen LogP contribution in [-0.2, 0) is 4.79 Å². The van der Waals surface area contributed by atoms with E-state index in [0.29, 0.717) is 14.5 Å². The van der Waals surface area contributed by atoms with Gasteiger partial charge in [0.2, 0.25) is 11.0 Å². The van der Waals surface area contributed by atoms with Gasteiger partial charge in [0.05, 0.1) is 16.5 Å². The topological polar surface area (TPSA) is 80.9 Å². The van der Waals surface area contributed by atoms with E-state index in [1.54, 1.807) is 0 Å². The minimum absolute atomic E-state index is 0.193. The number of hydrogen-bond donors (Lipinski definition) is 2. The van der Waals surface area contributed by atoms with Crippen LogP contribution in [0, 0.1) is 13.8 Å². The molecule has 1 heterocycles. The minimum atomic E-state index is -0.378. The van der Waals surface area contributed by atoms with Crippen LogP contribution in [-0.4, -0.2) is 21.9 Å². The third-order valence-electron chi connectivity index (χ3n) is 2.41. The van der Waals surface area contributed by atoms with Crippen molar-refractivity contribution in [2.75, 3.05) is 11.1 Å². The maximum Gasteiger partial charge on any atom is 0.227 e. The van der Waals surface area contributed by atoms with Crippen LogP contribution in [0.2, 0.25) is 5.02 Å². The second kappa shape index (κ2) is 6.43. The predicted molar refractivity (Wildman–Crippen MR) is 84.0 cm³/mol. The Morgan fingerprint density at radius 1 is 1.45 bits per heavy atom. The van der Waals surface area contributed by atoms with Crippen LogP contribution in [0.1, 0.15) is 11.1 Å². The number of thioether (sulfide) groups is 1. The Balaban J connectivity index is 2.13. The number of aromatic nitrogens is 2. The zero-order chi connectivity index (χ0) is 14.7. The molecule has 0 spiro atoms. The summed E-state index contributed by atoms with van der Waals surface area (Å²) in [6.45, 7) is 3.97. The zero-order valence-electron chi connectivity index (χ0n) is 10.9. The zero-order valence-corrected chi connectivity index (χ0v) is 13.3. The van der Waals surface area contributed by atoms with E-state index in [4.69, 9.17) is 17.3 Å². The highest BCUT2D eigenvalue weighted by molar-refractivity contribution is 8.01. The number of carbonyl (C=O) groups is 1. The molecule has 2 rings (SSSR count). The van der Waals surface area contributed by atoms with Crippen molar-refractivity contribution in [2.45, 2.75) is 18.2 Å². The number of nitrogens with two attached hydrogens (primary N) is 1. The monoisotopic (exact) mass is 328 g/mol. The van der Waals surface area contributed by atoms with Gasteiger partial charge >= 0.3 is 0 Å². The molecule has 0 saturated heterocycles. The van der Waals surface area contributed by atoms with Gasteiger partial charge in [0.15, 0.2) is 4.34 Å². The highest BCUT2D eigenvalue weighted by Crippen LogP contribution is 2.33. The molecule has 1 aromatic carbocycles. The lowest BCUT2D eigenvalue weighted by Crippen LogP contribution is -2.12. The SMILES string of the molecule is Cc1cc(C)c(Nc2nnc(SCC(N)=O)s2)c(Cl)c1. The van der Waals surface area contributed by atoms with Crippen molar-refractivity contribution in [2.24, 2.45) is 5.73 Å². The average Bonchev–Trinajstić information content (AvgIpc) is 2.79. The fraction of sp³-hybridized carbons (Fsp3) is 0.250. The van der Waals surface area contributed by atoms with E-state index in [1.165, 1.54) is 23.1 Å². The Bertz CT molecular complexity index is 621. The molecule has 1 aromatic heterocycles. The molecule has 8 heteroatoms. The Hall–Kier alpha value is -1.31. The van der Waals surface area contributed by atoms with Crippen LogP contribution in [0.25, 0.3) is 0 Å². The second-order valence-electron chi connectivity index (χ2n) is 4.19. The van der Waals surface area contributed by atoms with Crippen molar-refractivity contribution >= 4 is 51.4 Å². The number of halogens is 1. The van der Waals surface area contributed by atoms with Gasteiger partial charge in [-0.2, -0.15) is 0 Å². The van der Waals surface area contributed by atoms with Crippen molar-refractivity contribution in [3.05, 3.63) is 28.3 Å². The van der Waals surface area contributed by atoms with E-state index >= 15 is 0 Å². The molecule has 5 nitrogen and oxygen atoms in total. The highest BCUT2D eigenvalue weighted by Gasteiger charge is 2.10. The Morgan fingerprint density at radius 2 is 2.20 bits per heavy atom. The fourth-order valence-corrected chi connectivity index (χ4v) is 3.50. The third kappa shape index (κ3) is 3.84. The van der Waals surface area contributed by atoms with Gasteiger partial charge in [-0.3, -0.25) is 4.79 Å². The van der Waals surface area contributed by atoms with E-state index in [1.807, 2.05) is 26.0 Å². The first-order valence-electron chi connectivity index (χ1n) is 5.74. The van der Waals surface area contributed by atoms with E-state index in [0.717, 1.165) is 16.8 Å². The van der Waals surface area contributed by atoms with E-state index < -0.39 is 0 Å². The van der Waals surface area contributed by atoms with Crippen LogP contribution in [0.5, 0.6) is 0 Å². The number of rotatable bonds is 5. The summed E-state index contributed by atoms with van der Waals surface area (Å²) < 4.78 is 0.687. The number of nitrogens with one attached hydrogen (secondary N) is 1. The van der Waals surface area contributed by atoms with Gasteiger partial charge < -0.3 is 11.1 Å². The number of benzene rings is 1. The average molecular weight is 329 g/mol. The fourth-order valence-electron chi connectivity index (χ4n) is 1.63. The quantitative estimate of drug-likeness (QED) is 0.824. The van der Waals surface area contributed by atoms with Crippen molar-refractivity contribution in [1.82, 2.24) is 10.2 Å². The smallest absolute Gasteiger partial charge is 0.227 e. The summed E-state index contributed by atoms with van der Waals surface area (Å²) in [4.78, 5) is 10.7. The number of primary amides is 1. The van der Waals surface area contributed by atoms with Crippen LogP contribution in [0.3, 0.4) is 0 Å². The number of carbonyl (C=O) groups excluding carboxylic acids is 1. The van der Waals surface area contributed by atoms with Gasteiger partial charge in [0, 0.05) is 0 Å². The molecule has 1 amide bonds. The first kappa shape index (κ1) is 15.1. The molecule has 0 unspecified atom stereocenters. The lowest BCUT2D eigenvalue weighted by Gasteiger charge is -2.09. The molecular formula is C12H13ClN4OS2. The summed E-state index contributed by atoms with van der Waals surface area (Å²) in [5.41, 5.74) is 8.05. The summed E-state index contributed by atoms with van der Waals surface area (Å²) >= 11 is 8.84. The van der Waals surface area contributed by atoms with Crippen molar-refractivity contribution in [1.29, 1.82) is 0 Å². The lowest BCUT2D eigenvalue weighted by atomic mass is 10.1. The summed E-state index contributed by atoms with van der Waals surface area (Å²) in [6.07, 6.45) is 0. The third-order valence-corrected chi connectivity index (χ3v) is 4.70. The largest absolute Gasteiger partial charge is 0.369 e. The molecular weight excluding hydrogens is 316 g/mol. The first-order chi connectivity index (χ1) is 9.45. The Labute approximate surface area is 129 Å². The summed E-state index contributed by atoms with van der Waals surface area (Å²) in [5.74, 6) is -0.184. The first-order valence-corrected chi connectivity index (χ1v) is 7.92. The summed E-state index contributed by atoms with van der Waals surface area (Å²) in [5, 5.41) is 12.4. The molecule has 20 heavy (non-hydrogen) atoms. The molecule has 0 aliphatic heterocycles. The molecule has 0 saturated carbocycles. The maximum atomic E-state index is 10.7. The number of amides is 1. The van der Waals surface area contributed by atoms with Gasteiger partial charge in [-0.15, -0.1) is 10.2 Å².